The highest BCUT2D eigenvalue weighted by Gasteiger charge is 2.24. The molecule has 0 aliphatic carbocycles. The maximum Gasteiger partial charge on any atom is 0.147 e. The molecule has 104 valence electrons. The molecule has 4 heteroatoms. The Morgan fingerprint density at radius 2 is 1.95 bits per heavy atom. The molecule has 2 aromatic heterocycles. The van der Waals surface area contributed by atoms with Gasteiger partial charge >= 0.3 is 0 Å². The topological polar surface area (TPSA) is 56.7 Å². The van der Waals surface area contributed by atoms with Crippen LogP contribution in [0.4, 0.5) is 5.82 Å². The molecule has 0 saturated carbocycles. The zero-order valence-electron chi connectivity index (χ0n) is 12.2. The Kier molecular flexibility index (Phi) is 3.49. The Balaban J connectivity index is 3.00. The van der Waals surface area contributed by atoms with Gasteiger partial charge in [-0.25, -0.2) is 9.97 Å². The Labute approximate surface area is 119 Å². The van der Waals surface area contributed by atoms with Crippen LogP contribution in [0.3, 0.4) is 0 Å². The van der Waals surface area contributed by atoms with Gasteiger partial charge in [0.2, 0.25) is 0 Å². The van der Waals surface area contributed by atoms with E-state index in [2.05, 4.69) is 48.5 Å². The Morgan fingerprint density at radius 3 is 2.50 bits per heavy atom. The number of hydrogen-bond donors (Lipinski definition) is 1. The summed E-state index contributed by atoms with van der Waals surface area (Å²) in [7, 11) is 0. The lowest BCUT2D eigenvalue weighted by atomic mass is 10.1. The molecule has 0 aliphatic rings. The molecular formula is C16H20N4. The van der Waals surface area contributed by atoms with Crippen molar-refractivity contribution in [2.75, 3.05) is 5.73 Å². The molecule has 0 spiro atoms. The predicted molar refractivity (Wildman–Crippen MR) is 86.3 cm³/mol. The summed E-state index contributed by atoms with van der Waals surface area (Å²) in [6.07, 6.45) is 8.93. The van der Waals surface area contributed by atoms with Crippen LogP contribution >= 0.6 is 0 Å². The third-order valence-corrected chi connectivity index (χ3v) is 3.12. The number of rotatable bonds is 3. The molecule has 0 unspecified atom stereocenters. The average Bonchev–Trinajstić information content (AvgIpc) is 2.70. The maximum atomic E-state index is 6.03. The van der Waals surface area contributed by atoms with E-state index in [-0.39, 0.29) is 5.54 Å². The molecule has 2 N–H and O–H groups in total. The fourth-order valence-corrected chi connectivity index (χ4v) is 2.39. The van der Waals surface area contributed by atoms with Gasteiger partial charge in [-0.05, 0) is 26.8 Å². The minimum absolute atomic E-state index is 0.138. The van der Waals surface area contributed by atoms with Crippen LogP contribution in [0, 0.1) is 0 Å². The number of aromatic nitrogens is 3. The summed E-state index contributed by atoms with van der Waals surface area (Å²) >= 11 is 0. The first kappa shape index (κ1) is 14.1. The number of anilines is 1. The molecule has 4 nitrogen and oxygen atoms in total. The van der Waals surface area contributed by atoms with Gasteiger partial charge in [0.25, 0.3) is 0 Å². The van der Waals surface area contributed by atoms with Crippen LogP contribution < -0.4 is 5.73 Å². The SMILES string of the molecule is C=C/C=C\c1c(C=C)c2c(N)ncnc2n1C(C)(C)C. The van der Waals surface area contributed by atoms with Gasteiger partial charge < -0.3 is 10.3 Å². The van der Waals surface area contributed by atoms with Gasteiger partial charge in [0.1, 0.15) is 17.8 Å². The second-order valence-electron chi connectivity index (χ2n) is 5.56. The van der Waals surface area contributed by atoms with Crippen molar-refractivity contribution in [3.63, 3.8) is 0 Å². The van der Waals surface area contributed by atoms with E-state index in [1.165, 1.54) is 6.33 Å². The van der Waals surface area contributed by atoms with Crippen molar-refractivity contribution < 1.29 is 0 Å². The summed E-state index contributed by atoms with van der Waals surface area (Å²) < 4.78 is 2.15. The Morgan fingerprint density at radius 1 is 1.25 bits per heavy atom. The van der Waals surface area contributed by atoms with Crippen molar-refractivity contribution in [3.8, 4) is 0 Å². The predicted octanol–water partition coefficient (Wildman–Crippen LogP) is 3.61. The van der Waals surface area contributed by atoms with E-state index in [0.29, 0.717) is 5.82 Å². The summed E-state index contributed by atoms with van der Waals surface area (Å²) in [4.78, 5) is 8.50. The normalized spacial score (nSPS) is 12.2. The van der Waals surface area contributed by atoms with Crippen molar-refractivity contribution in [1.29, 1.82) is 0 Å². The molecule has 0 aromatic carbocycles. The molecule has 2 aromatic rings. The van der Waals surface area contributed by atoms with Gasteiger partial charge in [0.05, 0.1) is 11.1 Å². The van der Waals surface area contributed by atoms with Gasteiger partial charge in [0.15, 0.2) is 0 Å². The smallest absolute Gasteiger partial charge is 0.147 e. The zero-order chi connectivity index (χ0) is 14.9. The molecule has 0 aliphatic heterocycles. The van der Waals surface area contributed by atoms with Crippen LogP contribution in [0.1, 0.15) is 32.0 Å². The fraction of sp³-hybridized carbons (Fsp3) is 0.250. The largest absolute Gasteiger partial charge is 0.383 e. The molecule has 0 amide bonds. The summed E-state index contributed by atoms with van der Waals surface area (Å²) in [5, 5.41) is 0.848. The lowest BCUT2D eigenvalue weighted by molar-refractivity contribution is 0.406. The van der Waals surface area contributed by atoms with Gasteiger partial charge in [-0.15, -0.1) is 0 Å². The number of nitrogens with zero attached hydrogens (tertiary/aromatic N) is 3. The third kappa shape index (κ3) is 2.13. The lowest BCUT2D eigenvalue weighted by Crippen LogP contribution is -2.23. The highest BCUT2D eigenvalue weighted by atomic mass is 15.1. The van der Waals surface area contributed by atoms with Crippen LogP contribution in [-0.2, 0) is 5.54 Å². The van der Waals surface area contributed by atoms with Gasteiger partial charge in [-0.3, -0.25) is 0 Å². The van der Waals surface area contributed by atoms with Crippen molar-refractivity contribution in [2.45, 2.75) is 26.3 Å². The van der Waals surface area contributed by atoms with Gasteiger partial charge in [-0.1, -0.05) is 31.4 Å². The number of allylic oxidation sites excluding steroid dienone is 2. The molecule has 20 heavy (non-hydrogen) atoms. The van der Waals surface area contributed by atoms with E-state index in [4.69, 9.17) is 5.73 Å². The molecule has 0 fully saturated rings. The fourth-order valence-electron chi connectivity index (χ4n) is 2.39. The number of hydrogen-bond acceptors (Lipinski definition) is 3. The summed E-state index contributed by atoms with van der Waals surface area (Å²) in [6, 6.07) is 0. The first-order valence-corrected chi connectivity index (χ1v) is 6.48. The Hall–Kier alpha value is -2.36. The van der Waals surface area contributed by atoms with E-state index in [1.54, 1.807) is 12.2 Å². The first-order valence-electron chi connectivity index (χ1n) is 6.48. The number of fused-ring (bicyclic) bond motifs is 1. The Bertz CT molecular complexity index is 699. The maximum absolute atomic E-state index is 6.03. The summed E-state index contributed by atoms with van der Waals surface area (Å²) in [5.74, 6) is 0.473. The highest BCUT2D eigenvalue weighted by Crippen LogP contribution is 2.34. The average molecular weight is 268 g/mol. The lowest BCUT2D eigenvalue weighted by Gasteiger charge is -2.24. The van der Waals surface area contributed by atoms with E-state index in [1.807, 2.05) is 12.2 Å². The summed E-state index contributed by atoms with van der Waals surface area (Å²) in [5.41, 5.74) is 8.67. The van der Waals surface area contributed by atoms with Gasteiger partial charge in [-0.2, -0.15) is 0 Å². The van der Waals surface area contributed by atoms with E-state index >= 15 is 0 Å². The van der Waals surface area contributed by atoms with Crippen LogP contribution in [0.25, 0.3) is 23.2 Å². The van der Waals surface area contributed by atoms with E-state index in [9.17, 15) is 0 Å². The van der Waals surface area contributed by atoms with Crippen molar-refractivity contribution in [2.24, 2.45) is 0 Å². The van der Waals surface area contributed by atoms with Crippen LogP contribution in [0.5, 0.6) is 0 Å². The molecular weight excluding hydrogens is 248 g/mol. The number of nitrogens with two attached hydrogens (primary N) is 1. The van der Waals surface area contributed by atoms with Crippen LogP contribution in [-0.4, -0.2) is 14.5 Å². The third-order valence-electron chi connectivity index (χ3n) is 3.12. The number of nitrogen functional groups attached to an aromatic ring is 1. The van der Waals surface area contributed by atoms with Crippen LogP contribution in [0.15, 0.2) is 31.6 Å². The van der Waals surface area contributed by atoms with Crippen LogP contribution in [0.2, 0.25) is 0 Å². The van der Waals surface area contributed by atoms with E-state index in [0.717, 1.165) is 22.3 Å². The monoisotopic (exact) mass is 268 g/mol. The summed E-state index contributed by atoms with van der Waals surface area (Å²) in [6.45, 7) is 14.0. The standard InChI is InChI=1S/C16H20N4/c1-6-8-9-12-11(7-2)13-14(17)18-10-19-15(13)20(12)16(3,4)5/h6-10H,1-2H2,3-5H3,(H2,17,18,19)/b9-8-. The molecule has 0 bridgehead atoms. The van der Waals surface area contributed by atoms with E-state index < -0.39 is 0 Å². The van der Waals surface area contributed by atoms with Gasteiger partial charge in [0, 0.05) is 11.1 Å². The minimum atomic E-state index is -0.138. The quantitative estimate of drug-likeness (QED) is 0.865. The molecule has 2 heterocycles. The molecule has 0 radical (unpaired) electrons. The zero-order valence-corrected chi connectivity index (χ0v) is 12.2. The molecule has 0 atom stereocenters. The first-order chi connectivity index (χ1) is 9.41. The van der Waals surface area contributed by atoms with Crippen molar-refractivity contribution in [1.82, 2.24) is 14.5 Å². The van der Waals surface area contributed by atoms with Crippen molar-refractivity contribution >= 4 is 29.0 Å². The molecule has 2 rings (SSSR count). The van der Waals surface area contributed by atoms with Crippen molar-refractivity contribution in [3.05, 3.63) is 42.9 Å². The minimum Gasteiger partial charge on any atom is -0.383 e. The molecule has 0 saturated heterocycles. The second-order valence-corrected chi connectivity index (χ2v) is 5.56. The second kappa shape index (κ2) is 4.96. The highest BCUT2D eigenvalue weighted by molar-refractivity contribution is 5.98.